The van der Waals surface area contributed by atoms with Crippen molar-refractivity contribution >= 4 is 0 Å². The van der Waals surface area contributed by atoms with Crippen molar-refractivity contribution in [2.75, 3.05) is 7.11 Å². The Kier molecular flexibility index (Phi) is 2.66. The van der Waals surface area contributed by atoms with Gasteiger partial charge in [0.2, 0.25) is 0 Å². The van der Waals surface area contributed by atoms with Crippen LogP contribution in [0.2, 0.25) is 0 Å². The van der Waals surface area contributed by atoms with Gasteiger partial charge in [0.1, 0.15) is 5.75 Å². The highest BCUT2D eigenvalue weighted by Crippen LogP contribution is 2.32. The van der Waals surface area contributed by atoms with Gasteiger partial charge in [-0.25, -0.2) is 4.39 Å². The molecule has 1 aromatic carbocycles. The second kappa shape index (κ2) is 3.46. The Morgan fingerprint density at radius 3 is 2.43 bits per heavy atom. The second-order valence-corrected chi connectivity index (χ2v) is 3.73. The number of aromatic hydroxyl groups is 1. The van der Waals surface area contributed by atoms with Crippen LogP contribution in [0.25, 0.3) is 0 Å². The van der Waals surface area contributed by atoms with Crippen molar-refractivity contribution in [2.24, 2.45) is 5.73 Å². The summed E-state index contributed by atoms with van der Waals surface area (Å²) in [6.07, 6.45) is 0. The number of hydrogen-bond acceptors (Lipinski definition) is 3. The van der Waals surface area contributed by atoms with Crippen molar-refractivity contribution in [1.82, 2.24) is 0 Å². The standard InChI is InChI=1S/C10H14FNO2/c1-10(2,12)6-4-8(13)7(11)5-9(6)14-3/h4-5,13H,12H2,1-3H3. The van der Waals surface area contributed by atoms with Gasteiger partial charge in [-0.3, -0.25) is 0 Å². The number of methoxy groups -OCH3 is 1. The lowest BCUT2D eigenvalue weighted by Crippen LogP contribution is -2.29. The van der Waals surface area contributed by atoms with Gasteiger partial charge < -0.3 is 15.6 Å². The molecular formula is C10H14FNO2. The molecule has 3 nitrogen and oxygen atoms in total. The molecule has 0 saturated carbocycles. The first-order valence-electron chi connectivity index (χ1n) is 4.22. The maximum absolute atomic E-state index is 13.0. The van der Waals surface area contributed by atoms with E-state index in [0.717, 1.165) is 6.07 Å². The molecular weight excluding hydrogens is 185 g/mol. The fraction of sp³-hybridized carbons (Fsp3) is 0.400. The van der Waals surface area contributed by atoms with Crippen LogP contribution in [-0.2, 0) is 5.54 Å². The monoisotopic (exact) mass is 199 g/mol. The minimum atomic E-state index is -0.713. The van der Waals surface area contributed by atoms with Crippen LogP contribution in [0.3, 0.4) is 0 Å². The first kappa shape index (κ1) is 10.8. The van der Waals surface area contributed by atoms with Crippen molar-refractivity contribution in [3.63, 3.8) is 0 Å². The Bertz CT molecular complexity index is 345. The maximum atomic E-state index is 13.0. The van der Waals surface area contributed by atoms with Gasteiger partial charge in [-0.2, -0.15) is 0 Å². The molecule has 0 aliphatic heterocycles. The molecule has 0 fully saturated rings. The zero-order chi connectivity index (χ0) is 10.9. The van der Waals surface area contributed by atoms with Gasteiger partial charge in [0.15, 0.2) is 11.6 Å². The van der Waals surface area contributed by atoms with Crippen LogP contribution >= 0.6 is 0 Å². The third-order valence-corrected chi connectivity index (χ3v) is 1.96. The number of nitrogens with two attached hydrogens (primary N) is 1. The SMILES string of the molecule is COc1cc(F)c(O)cc1C(C)(C)N. The van der Waals surface area contributed by atoms with Gasteiger partial charge in [-0.05, 0) is 19.9 Å². The lowest BCUT2D eigenvalue weighted by Gasteiger charge is -2.22. The van der Waals surface area contributed by atoms with E-state index in [1.165, 1.54) is 13.2 Å². The minimum Gasteiger partial charge on any atom is -0.505 e. The first-order valence-corrected chi connectivity index (χ1v) is 4.22. The van der Waals surface area contributed by atoms with E-state index in [0.29, 0.717) is 11.3 Å². The maximum Gasteiger partial charge on any atom is 0.168 e. The molecule has 0 spiro atoms. The summed E-state index contributed by atoms with van der Waals surface area (Å²) in [6, 6.07) is 2.41. The summed E-state index contributed by atoms with van der Waals surface area (Å²) in [7, 11) is 1.43. The lowest BCUT2D eigenvalue weighted by molar-refractivity contribution is 0.380. The Hall–Kier alpha value is -1.29. The molecule has 4 heteroatoms. The van der Waals surface area contributed by atoms with Gasteiger partial charge in [0.05, 0.1) is 7.11 Å². The Morgan fingerprint density at radius 2 is 2.00 bits per heavy atom. The first-order chi connectivity index (χ1) is 6.36. The number of hydrogen-bond donors (Lipinski definition) is 2. The van der Waals surface area contributed by atoms with Gasteiger partial charge in [0.25, 0.3) is 0 Å². The van der Waals surface area contributed by atoms with Gasteiger partial charge in [-0.1, -0.05) is 0 Å². The second-order valence-electron chi connectivity index (χ2n) is 3.73. The minimum absolute atomic E-state index is 0.341. The Balaban J connectivity index is 3.35. The number of rotatable bonds is 2. The predicted octanol–water partition coefficient (Wildman–Crippen LogP) is 1.73. The van der Waals surface area contributed by atoms with Gasteiger partial charge in [0, 0.05) is 17.2 Å². The van der Waals surface area contributed by atoms with Crippen molar-refractivity contribution in [3.8, 4) is 11.5 Å². The predicted molar refractivity (Wildman–Crippen MR) is 51.8 cm³/mol. The molecule has 0 heterocycles. The topological polar surface area (TPSA) is 55.5 Å². The number of phenolic OH excluding ortho intramolecular Hbond substituents is 1. The largest absolute Gasteiger partial charge is 0.505 e. The Labute approximate surface area is 82.3 Å². The zero-order valence-corrected chi connectivity index (χ0v) is 8.47. The fourth-order valence-electron chi connectivity index (χ4n) is 1.22. The summed E-state index contributed by atoms with van der Waals surface area (Å²) in [5.74, 6) is -0.790. The summed E-state index contributed by atoms with van der Waals surface area (Å²) in [6.45, 7) is 3.50. The van der Waals surface area contributed by atoms with E-state index in [2.05, 4.69) is 0 Å². The molecule has 1 rings (SSSR count). The summed E-state index contributed by atoms with van der Waals surface area (Å²) < 4.78 is 17.9. The van der Waals surface area contributed by atoms with Crippen molar-refractivity contribution in [3.05, 3.63) is 23.5 Å². The molecule has 0 atom stereocenters. The highest BCUT2D eigenvalue weighted by Gasteiger charge is 2.21. The molecule has 0 aromatic heterocycles. The van der Waals surface area contributed by atoms with Gasteiger partial charge in [-0.15, -0.1) is 0 Å². The molecule has 0 radical (unpaired) electrons. The fourth-order valence-corrected chi connectivity index (χ4v) is 1.22. The van der Waals surface area contributed by atoms with E-state index < -0.39 is 17.1 Å². The molecule has 0 amide bonds. The van der Waals surface area contributed by atoms with Crippen LogP contribution in [0.15, 0.2) is 12.1 Å². The third-order valence-electron chi connectivity index (χ3n) is 1.96. The Morgan fingerprint density at radius 1 is 1.43 bits per heavy atom. The van der Waals surface area contributed by atoms with E-state index in [9.17, 15) is 9.50 Å². The molecule has 0 bridgehead atoms. The van der Waals surface area contributed by atoms with Crippen molar-refractivity contribution in [1.29, 1.82) is 0 Å². The highest BCUT2D eigenvalue weighted by molar-refractivity contribution is 5.44. The molecule has 1 aromatic rings. The molecule has 0 saturated heterocycles. The van der Waals surface area contributed by atoms with Crippen LogP contribution < -0.4 is 10.5 Å². The average molecular weight is 199 g/mol. The average Bonchev–Trinajstić information content (AvgIpc) is 2.07. The number of benzene rings is 1. The van der Waals surface area contributed by atoms with E-state index in [4.69, 9.17) is 10.5 Å². The van der Waals surface area contributed by atoms with E-state index in [1.54, 1.807) is 13.8 Å². The van der Waals surface area contributed by atoms with E-state index in [1.807, 2.05) is 0 Å². The number of ether oxygens (including phenoxy) is 1. The molecule has 78 valence electrons. The van der Waals surface area contributed by atoms with E-state index in [-0.39, 0.29) is 0 Å². The number of phenols is 1. The molecule has 0 unspecified atom stereocenters. The summed E-state index contributed by atoms with van der Waals surface area (Å²) in [5, 5.41) is 9.20. The van der Waals surface area contributed by atoms with Crippen molar-refractivity contribution < 1.29 is 14.2 Å². The zero-order valence-electron chi connectivity index (χ0n) is 8.47. The van der Waals surface area contributed by atoms with Crippen LogP contribution in [0.4, 0.5) is 4.39 Å². The van der Waals surface area contributed by atoms with Crippen molar-refractivity contribution in [2.45, 2.75) is 19.4 Å². The highest BCUT2D eigenvalue weighted by atomic mass is 19.1. The normalized spacial score (nSPS) is 11.5. The smallest absolute Gasteiger partial charge is 0.168 e. The van der Waals surface area contributed by atoms with E-state index >= 15 is 0 Å². The number of halogens is 1. The molecule has 0 aliphatic carbocycles. The summed E-state index contributed by atoms with van der Waals surface area (Å²) >= 11 is 0. The van der Waals surface area contributed by atoms with Gasteiger partial charge >= 0.3 is 0 Å². The molecule has 0 aliphatic rings. The van der Waals surface area contributed by atoms with Crippen LogP contribution in [0.1, 0.15) is 19.4 Å². The summed E-state index contributed by atoms with van der Waals surface area (Å²) in [4.78, 5) is 0. The third kappa shape index (κ3) is 1.96. The van der Waals surface area contributed by atoms with Crippen LogP contribution in [0.5, 0.6) is 11.5 Å². The summed E-state index contributed by atoms with van der Waals surface area (Å²) in [5.41, 5.74) is 5.72. The molecule has 3 N–H and O–H groups in total. The lowest BCUT2D eigenvalue weighted by atomic mass is 9.94. The van der Waals surface area contributed by atoms with Crippen LogP contribution in [-0.4, -0.2) is 12.2 Å². The molecule has 14 heavy (non-hydrogen) atoms. The quantitative estimate of drug-likeness (QED) is 0.762. The van der Waals surface area contributed by atoms with Crippen LogP contribution in [0, 0.1) is 5.82 Å².